The van der Waals surface area contributed by atoms with Crippen LogP contribution in [-0.4, -0.2) is 30.4 Å². The maximum Gasteiger partial charge on any atom is 0.338 e. The lowest BCUT2D eigenvalue weighted by molar-refractivity contribution is -0.139. The van der Waals surface area contributed by atoms with Crippen LogP contribution in [0.3, 0.4) is 0 Å². The maximum absolute atomic E-state index is 14.1. The first-order chi connectivity index (χ1) is 21.7. The van der Waals surface area contributed by atoms with Crippen LogP contribution in [0.15, 0.2) is 86.2 Å². The van der Waals surface area contributed by atoms with Crippen LogP contribution in [-0.2, 0) is 16.1 Å². The second kappa shape index (κ2) is 14.5. The molecule has 0 bridgehead atoms. The first kappa shape index (κ1) is 32.5. The highest BCUT2D eigenvalue weighted by Crippen LogP contribution is 2.36. The van der Waals surface area contributed by atoms with E-state index in [0.29, 0.717) is 68.3 Å². The quantitative estimate of drug-likeness (QED) is 0.163. The molecule has 3 aromatic carbocycles. The van der Waals surface area contributed by atoms with Gasteiger partial charge in [-0.2, -0.15) is 0 Å². The predicted octanol–water partition coefficient (Wildman–Crippen LogP) is 6.59. The van der Waals surface area contributed by atoms with Gasteiger partial charge in [0.15, 0.2) is 16.3 Å². The normalized spacial score (nSPS) is 14.5. The number of benzene rings is 3. The summed E-state index contributed by atoms with van der Waals surface area (Å²) >= 11 is 10.8. The smallest absolute Gasteiger partial charge is 0.338 e. The van der Waals surface area contributed by atoms with Crippen molar-refractivity contribution in [1.29, 1.82) is 0 Å². The molecule has 1 atom stereocenters. The Balaban J connectivity index is 1.55. The van der Waals surface area contributed by atoms with E-state index in [4.69, 9.17) is 30.5 Å². The number of hydrogen-bond acceptors (Lipinski definition) is 8. The van der Waals surface area contributed by atoms with E-state index in [1.54, 1.807) is 24.5 Å². The first-order valence-electron chi connectivity index (χ1n) is 14.5. The minimum Gasteiger partial charge on any atom is -0.490 e. The van der Waals surface area contributed by atoms with Crippen molar-refractivity contribution < 1.29 is 23.7 Å². The molecule has 0 amide bonds. The van der Waals surface area contributed by atoms with Gasteiger partial charge in [0.2, 0.25) is 0 Å². The average molecular weight is 712 g/mol. The summed E-state index contributed by atoms with van der Waals surface area (Å²) in [5, 5.41) is 0.669. The van der Waals surface area contributed by atoms with Gasteiger partial charge < -0.3 is 18.9 Å². The molecule has 11 heteroatoms. The van der Waals surface area contributed by atoms with Crippen molar-refractivity contribution in [2.75, 3.05) is 19.8 Å². The average Bonchev–Trinajstić information content (AvgIpc) is 3.31. The number of esters is 1. The van der Waals surface area contributed by atoms with Gasteiger partial charge in [0, 0.05) is 5.02 Å². The number of carbonyl (C=O) groups excluding carboxylic acids is 1. The molecule has 0 aliphatic carbocycles. The summed E-state index contributed by atoms with van der Waals surface area (Å²) in [4.78, 5) is 32.5. The second-order valence-corrected chi connectivity index (χ2v) is 12.3. The van der Waals surface area contributed by atoms with Crippen molar-refractivity contribution in [3.8, 4) is 17.2 Å². The third-order valence-corrected chi connectivity index (χ3v) is 8.82. The van der Waals surface area contributed by atoms with Crippen molar-refractivity contribution >= 4 is 50.9 Å². The van der Waals surface area contributed by atoms with Crippen LogP contribution in [0, 0.1) is 0 Å². The van der Waals surface area contributed by atoms with Crippen LogP contribution in [0.1, 0.15) is 50.4 Å². The van der Waals surface area contributed by atoms with Gasteiger partial charge in [-0.25, -0.2) is 9.79 Å². The number of aromatic nitrogens is 1. The Morgan fingerprint density at radius 2 is 1.67 bits per heavy atom. The summed E-state index contributed by atoms with van der Waals surface area (Å²) in [6.45, 7) is 8.74. The van der Waals surface area contributed by atoms with Gasteiger partial charge in [-0.05, 0) is 103 Å². The zero-order chi connectivity index (χ0) is 32.1. The molecular weight excluding hydrogens is 680 g/mol. The molecule has 0 spiro atoms. The molecule has 5 rings (SSSR count). The van der Waals surface area contributed by atoms with Gasteiger partial charge in [0.25, 0.3) is 5.56 Å². The van der Waals surface area contributed by atoms with Gasteiger partial charge in [-0.1, -0.05) is 47.2 Å². The minimum atomic E-state index is -0.771. The largest absolute Gasteiger partial charge is 0.490 e. The number of halogens is 2. The monoisotopic (exact) mass is 710 g/mol. The van der Waals surface area contributed by atoms with E-state index in [1.165, 1.54) is 11.3 Å². The lowest BCUT2D eigenvalue weighted by atomic mass is 9.95. The molecular formula is C34H32BrClN2O6S. The predicted molar refractivity (Wildman–Crippen MR) is 179 cm³/mol. The fourth-order valence-electron chi connectivity index (χ4n) is 4.96. The summed E-state index contributed by atoms with van der Waals surface area (Å²) in [6.07, 6.45) is 1.81. The molecule has 0 unspecified atom stereocenters. The summed E-state index contributed by atoms with van der Waals surface area (Å²) in [6, 6.07) is 17.8. The number of thiazole rings is 1. The highest BCUT2D eigenvalue weighted by molar-refractivity contribution is 9.10. The fourth-order valence-corrected chi connectivity index (χ4v) is 6.65. The SMILES string of the molecule is CCOC(=O)C1=C(C)N=c2s/c(=C\c3ccc(OCc4ccc(Cl)cc4)c(Br)c3)c(=O)n2[C@H]1c1ccc(OCC)c(OCC)c1. The Morgan fingerprint density at radius 1 is 0.956 bits per heavy atom. The van der Waals surface area contributed by atoms with E-state index in [-0.39, 0.29) is 12.2 Å². The lowest BCUT2D eigenvalue weighted by Crippen LogP contribution is -2.40. The van der Waals surface area contributed by atoms with Crippen LogP contribution in [0.5, 0.6) is 17.2 Å². The molecule has 0 N–H and O–H groups in total. The zero-order valence-electron chi connectivity index (χ0n) is 25.3. The van der Waals surface area contributed by atoms with Crippen LogP contribution >= 0.6 is 38.9 Å². The topological polar surface area (TPSA) is 88.4 Å². The highest BCUT2D eigenvalue weighted by Gasteiger charge is 2.34. The van der Waals surface area contributed by atoms with E-state index < -0.39 is 12.0 Å². The van der Waals surface area contributed by atoms with E-state index in [1.807, 2.05) is 74.5 Å². The number of hydrogen-bond donors (Lipinski definition) is 0. The van der Waals surface area contributed by atoms with Gasteiger partial charge in [-0.15, -0.1) is 0 Å². The van der Waals surface area contributed by atoms with E-state index in [2.05, 4.69) is 20.9 Å². The Bertz CT molecular complexity index is 1930. The fraction of sp³-hybridized carbons (Fsp3) is 0.265. The number of fused-ring (bicyclic) bond motifs is 1. The summed E-state index contributed by atoms with van der Waals surface area (Å²) in [5.41, 5.74) is 2.98. The summed E-state index contributed by atoms with van der Waals surface area (Å²) < 4.78 is 25.8. The van der Waals surface area contributed by atoms with Crippen molar-refractivity contribution in [3.05, 3.63) is 118 Å². The molecule has 0 saturated carbocycles. The summed E-state index contributed by atoms with van der Waals surface area (Å²) in [5.74, 6) is 1.25. The molecule has 0 radical (unpaired) electrons. The standard InChI is InChI=1S/C34H32BrClN2O6S/c1-5-41-27-15-11-23(18-28(27)42-6-2)31-30(33(40)43-7-3)20(4)37-34-38(31)32(39)29(45-34)17-22-10-14-26(25(35)16-22)44-19-21-8-12-24(36)13-9-21/h8-18,31H,5-7,19H2,1-4H3/b29-17-/t31-/m0/s1. The van der Waals surface area contributed by atoms with E-state index in [9.17, 15) is 9.59 Å². The first-order valence-corrected chi connectivity index (χ1v) is 16.5. The number of nitrogens with zero attached hydrogens (tertiary/aromatic N) is 2. The van der Waals surface area contributed by atoms with E-state index >= 15 is 0 Å². The molecule has 0 saturated heterocycles. The molecule has 4 aromatic rings. The Hall–Kier alpha value is -3.86. The Kier molecular flexibility index (Phi) is 10.5. The lowest BCUT2D eigenvalue weighted by Gasteiger charge is -2.25. The van der Waals surface area contributed by atoms with Crippen molar-refractivity contribution in [2.24, 2.45) is 4.99 Å². The Labute approximate surface area is 278 Å². The number of allylic oxidation sites excluding steroid dienone is 1. The third kappa shape index (κ3) is 7.19. The molecule has 8 nitrogen and oxygen atoms in total. The molecule has 1 aromatic heterocycles. The van der Waals surface area contributed by atoms with E-state index in [0.717, 1.165) is 15.6 Å². The van der Waals surface area contributed by atoms with Gasteiger partial charge in [-0.3, -0.25) is 9.36 Å². The minimum absolute atomic E-state index is 0.189. The van der Waals surface area contributed by atoms with Crippen LogP contribution < -0.4 is 29.1 Å². The zero-order valence-corrected chi connectivity index (χ0v) is 28.4. The van der Waals surface area contributed by atoms with Crippen molar-refractivity contribution in [2.45, 2.75) is 40.3 Å². The molecule has 234 valence electrons. The second-order valence-electron chi connectivity index (χ2n) is 9.98. The number of carbonyl (C=O) groups is 1. The molecule has 45 heavy (non-hydrogen) atoms. The molecule has 0 fully saturated rings. The highest BCUT2D eigenvalue weighted by atomic mass is 79.9. The van der Waals surface area contributed by atoms with Crippen molar-refractivity contribution in [3.63, 3.8) is 0 Å². The maximum atomic E-state index is 14.1. The van der Waals surface area contributed by atoms with Gasteiger partial charge in [0.05, 0.1) is 46.1 Å². The molecule has 1 aliphatic rings. The molecule has 1 aliphatic heterocycles. The third-order valence-electron chi connectivity index (χ3n) is 6.96. The van der Waals surface area contributed by atoms with Crippen LogP contribution in [0.4, 0.5) is 0 Å². The van der Waals surface area contributed by atoms with Crippen LogP contribution in [0.25, 0.3) is 6.08 Å². The Morgan fingerprint density at radius 3 is 2.36 bits per heavy atom. The summed E-state index contributed by atoms with van der Waals surface area (Å²) in [7, 11) is 0. The van der Waals surface area contributed by atoms with Gasteiger partial charge >= 0.3 is 5.97 Å². The van der Waals surface area contributed by atoms with Crippen molar-refractivity contribution in [1.82, 2.24) is 4.57 Å². The van der Waals surface area contributed by atoms with Gasteiger partial charge in [0.1, 0.15) is 12.4 Å². The number of ether oxygens (including phenoxy) is 4. The molecule has 2 heterocycles. The van der Waals surface area contributed by atoms with Crippen LogP contribution in [0.2, 0.25) is 5.02 Å². The number of rotatable bonds is 11.